The molecular weight excluding hydrogens is 250 g/mol. The van der Waals surface area contributed by atoms with Crippen molar-refractivity contribution in [1.29, 1.82) is 0 Å². The molecule has 1 rings (SSSR count). The molecule has 0 heterocycles. The normalized spacial score (nSPS) is 10.2. The standard InChI is InChI=1S/C17H25NO2/c1-2-17(19)20-15-14-18-13-9-4-3-6-10-16-11-7-5-8-12-16/h2,5,7-8,11-12,18H,1,3-4,6,9-10,13-15H2. The predicted octanol–water partition coefficient (Wildman–Crippen LogP) is 3.11. The smallest absolute Gasteiger partial charge is 0.330 e. The highest BCUT2D eigenvalue weighted by atomic mass is 16.5. The minimum absolute atomic E-state index is 0.354. The number of nitrogens with one attached hydrogen (secondary N) is 1. The van der Waals surface area contributed by atoms with E-state index in [0.29, 0.717) is 13.2 Å². The van der Waals surface area contributed by atoms with Gasteiger partial charge in [-0.3, -0.25) is 0 Å². The predicted molar refractivity (Wildman–Crippen MR) is 82.6 cm³/mol. The maximum absolute atomic E-state index is 10.8. The van der Waals surface area contributed by atoms with Crippen molar-refractivity contribution in [3.8, 4) is 0 Å². The fraction of sp³-hybridized carbons (Fsp3) is 0.471. The number of benzene rings is 1. The maximum Gasteiger partial charge on any atom is 0.330 e. The van der Waals surface area contributed by atoms with Crippen molar-refractivity contribution in [1.82, 2.24) is 5.32 Å². The van der Waals surface area contributed by atoms with Crippen LogP contribution in [0.4, 0.5) is 0 Å². The number of hydrogen-bond donors (Lipinski definition) is 1. The number of hydrogen-bond acceptors (Lipinski definition) is 3. The van der Waals surface area contributed by atoms with Crippen LogP contribution in [0.1, 0.15) is 31.2 Å². The second-order valence-electron chi connectivity index (χ2n) is 4.77. The zero-order valence-electron chi connectivity index (χ0n) is 12.1. The Hall–Kier alpha value is -1.61. The summed E-state index contributed by atoms with van der Waals surface area (Å²) in [6.07, 6.45) is 7.29. The Labute approximate surface area is 122 Å². The maximum atomic E-state index is 10.8. The summed E-state index contributed by atoms with van der Waals surface area (Å²) in [7, 11) is 0. The van der Waals surface area contributed by atoms with Crippen LogP contribution in [0.15, 0.2) is 43.0 Å². The van der Waals surface area contributed by atoms with E-state index in [9.17, 15) is 4.79 Å². The second kappa shape index (κ2) is 11.2. The van der Waals surface area contributed by atoms with E-state index in [-0.39, 0.29) is 5.97 Å². The summed E-state index contributed by atoms with van der Waals surface area (Å²) < 4.78 is 4.87. The number of carbonyl (C=O) groups excluding carboxylic acids is 1. The first-order valence-corrected chi connectivity index (χ1v) is 7.37. The Kier molecular flexibility index (Phi) is 9.24. The first-order valence-electron chi connectivity index (χ1n) is 7.37. The van der Waals surface area contributed by atoms with Crippen molar-refractivity contribution in [3.05, 3.63) is 48.6 Å². The van der Waals surface area contributed by atoms with Crippen molar-refractivity contribution in [3.63, 3.8) is 0 Å². The molecule has 0 atom stereocenters. The van der Waals surface area contributed by atoms with Gasteiger partial charge in [0.1, 0.15) is 6.61 Å². The first-order chi connectivity index (χ1) is 9.83. The molecule has 0 saturated heterocycles. The molecule has 20 heavy (non-hydrogen) atoms. The van der Waals surface area contributed by atoms with Gasteiger partial charge in [0.05, 0.1) is 0 Å². The molecule has 3 nitrogen and oxygen atoms in total. The van der Waals surface area contributed by atoms with E-state index >= 15 is 0 Å². The van der Waals surface area contributed by atoms with Gasteiger partial charge in [0, 0.05) is 12.6 Å². The molecule has 1 aromatic rings. The zero-order valence-corrected chi connectivity index (χ0v) is 12.1. The number of unbranched alkanes of at least 4 members (excludes halogenated alkanes) is 3. The highest BCUT2D eigenvalue weighted by Gasteiger charge is 1.95. The summed E-state index contributed by atoms with van der Waals surface area (Å²) in [5.41, 5.74) is 1.43. The molecule has 0 aromatic heterocycles. The molecule has 0 fully saturated rings. The van der Waals surface area contributed by atoms with Gasteiger partial charge >= 0.3 is 5.97 Å². The summed E-state index contributed by atoms with van der Waals surface area (Å²) in [6, 6.07) is 10.6. The Bertz CT molecular complexity index is 376. The number of aryl methyl sites for hydroxylation is 1. The lowest BCUT2D eigenvalue weighted by molar-refractivity contribution is -0.137. The molecule has 0 aliphatic carbocycles. The molecule has 0 saturated carbocycles. The van der Waals surface area contributed by atoms with Crippen molar-refractivity contribution in [2.75, 3.05) is 19.7 Å². The molecule has 0 spiro atoms. The lowest BCUT2D eigenvalue weighted by Crippen LogP contribution is -2.21. The number of rotatable bonds is 11. The lowest BCUT2D eigenvalue weighted by Gasteiger charge is -2.05. The Morgan fingerprint density at radius 1 is 1.10 bits per heavy atom. The molecule has 0 aliphatic heterocycles. The third-order valence-corrected chi connectivity index (χ3v) is 3.10. The fourth-order valence-corrected chi connectivity index (χ4v) is 1.99. The second-order valence-corrected chi connectivity index (χ2v) is 4.77. The van der Waals surface area contributed by atoms with Crippen LogP contribution in [0, 0.1) is 0 Å². The van der Waals surface area contributed by atoms with Crippen LogP contribution in [0.25, 0.3) is 0 Å². The molecule has 110 valence electrons. The third-order valence-electron chi connectivity index (χ3n) is 3.10. The van der Waals surface area contributed by atoms with Gasteiger partial charge in [-0.25, -0.2) is 4.79 Å². The average molecular weight is 275 g/mol. The summed E-state index contributed by atoms with van der Waals surface area (Å²) in [5, 5.41) is 3.26. The number of carbonyl (C=O) groups is 1. The minimum atomic E-state index is -0.354. The van der Waals surface area contributed by atoms with E-state index < -0.39 is 0 Å². The molecule has 1 N–H and O–H groups in total. The van der Waals surface area contributed by atoms with Gasteiger partial charge in [-0.1, -0.05) is 49.8 Å². The molecule has 0 radical (unpaired) electrons. The average Bonchev–Trinajstić information content (AvgIpc) is 2.50. The van der Waals surface area contributed by atoms with Crippen LogP contribution in [-0.2, 0) is 16.0 Å². The van der Waals surface area contributed by atoms with Crippen molar-refractivity contribution >= 4 is 5.97 Å². The van der Waals surface area contributed by atoms with Gasteiger partial charge in [0.25, 0.3) is 0 Å². The molecular formula is C17H25NO2. The third kappa shape index (κ3) is 8.48. The fourth-order valence-electron chi connectivity index (χ4n) is 1.99. The quantitative estimate of drug-likeness (QED) is 0.383. The molecule has 0 amide bonds. The highest BCUT2D eigenvalue weighted by Crippen LogP contribution is 2.07. The highest BCUT2D eigenvalue weighted by molar-refractivity contribution is 5.81. The van der Waals surface area contributed by atoms with Gasteiger partial charge in [-0.05, 0) is 31.4 Å². The van der Waals surface area contributed by atoms with Gasteiger partial charge in [0.2, 0.25) is 0 Å². The Balaban J connectivity index is 1.83. The van der Waals surface area contributed by atoms with Crippen molar-refractivity contribution in [2.24, 2.45) is 0 Å². The van der Waals surface area contributed by atoms with Crippen LogP contribution >= 0.6 is 0 Å². The summed E-state index contributed by atoms with van der Waals surface area (Å²) >= 11 is 0. The summed E-state index contributed by atoms with van der Waals surface area (Å²) in [5.74, 6) is -0.354. The molecule has 0 aliphatic rings. The van der Waals surface area contributed by atoms with Crippen LogP contribution in [0.3, 0.4) is 0 Å². The van der Waals surface area contributed by atoms with E-state index in [1.54, 1.807) is 0 Å². The monoisotopic (exact) mass is 275 g/mol. The van der Waals surface area contributed by atoms with E-state index in [1.807, 2.05) is 0 Å². The van der Waals surface area contributed by atoms with E-state index in [4.69, 9.17) is 4.74 Å². The Morgan fingerprint density at radius 2 is 1.85 bits per heavy atom. The van der Waals surface area contributed by atoms with Gasteiger partial charge in [-0.2, -0.15) is 0 Å². The Morgan fingerprint density at radius 3 is 2.60 bits per heavy atom. The number of ether oxygens (including phenoxy) is 1. The topological polar surface area (TPSA) is 38.3 Å². The van der Waals surface area contributed by atoms with Crippen LogP contribution in [-0.4, -0.2) is 25.7 Å². The van der Waals surface area contributed by atoms with Crippen LogP contribution in [0.5, 0.6) is 0 Å². The van der Waals surface area contributed by atoms with Gasteiger partial charge in [-0.15, -0.1) is 0 Å². The van der Waals surface area contributed by atoms with E-state index in [2.05, 4.69) is 42.2 Å². The molecule has 3 heteroatoms. The molecule has 0 unspecified atom stereocenters. The van der Waals surface area contributed by atoms with Gasteiger partial charge < -0.3 is 10.1 Å². The largest absolute Gasteiger partial charge is 0.461 e. The lowest BCUT2D eigenvalue weighted by atomic mass is 10.1. The first kappa shape index (κ1) is 16.4. The van der Waals surface area contributed by atoms with Crippen molar-refractivity contribution in [2.45, 2.75) is 32.1 Å². The summed E-state index contributed by atoms with van der Waals surface area (Å²) in [4.78, 5) is 10.8. The van der Waals surface area contributed by atoms with E-state index in [1.165, 1.54) is 43.7 Å². The van der Waals surface area contributed by atoms with Crippen LogP contribution in [0.2, 0.25) is 0 Å². The summed E-state index contributed by atoms with van der Waals surface area (Å²) in [6.45, 7) is 5.45. The van der Waals surface area contributed by atoms with Crippen molar-refractivity contribution < 1.29 is 9.53 Å². The molecule has 1 aromatic carbocycles. The van der Waals surface area contributed by atoms with E-state index in [0.717, 1.165) is 6.54 Å². The number of esters is 1. The molecule has 0 bridgehead atoms. The minimum Gasteiger partial charge on any atom is -0.461 e. The van der Waals surface area contributed by atoms with Gasteiger partial charge in [0.15, 0.2) is 0 Å². The zero-order chi connectivity index (χ0) is 14.5. The van der Waals surface area contributed by atoms with Crippen LogP contribution < -0.4 is 5.32 Å². The SMILES string of the molecule is C=CC(=O)OCCNCCCCCCc1ccccc1.